The van der Waals surface area contributed by atoms with Gasteiger partial charge in [0, 0.05) is 44.1 Å². The van der Waals surface area contributed by atoms with Gasteiger partial charge in [-0.05, 0) is 38.2 Å². The number of nitrogens with one attached hydrogen (secondary N) is 1. The van der Waals surface area contributed by atoms with Crippen LogP contribution in [-0.4, -0.2) is 30.2 Å². The number of rotatable bonds is 5. The van der Waals surface area contributed by atoms with E-state index < -0.39 is 0 Å². The van der Waals surface area contributed by atoms with Crippen molar-refractivity contribution in [2.45, 2.75) is 32.7 Å². The molecule has 0 saturated carbocycles. The van der Waals surface area contributed by atoms with E-state index in [1.165, 1.54) is 12.5 Å². The summed E-state index contributed by atoms with van der Waals surface area (Å²) in [6, 6.07) is 3.08. The normalized spacial score (nSPS) is 18.8. The van der Waals surface area contributed by atoms with E-state index in [4.69, 9.17) is 4.74 Å². The molecule has 1 aliphatic rings. The molecule has 1 unspecified atom stereocenters. The second-order valence-electron chi connectivity index (χ2n) is 5.17. The molecule has 1 amide bonds. The number of hydrogen-bond donors (Lipinski definition) is 1. The molecule has 1 saturated heterocycles. The lowest BCUT2D eigenvalue weighted by molar-refractivity contribution is 0.0514. The highest BCUT2D eigenvalue weighted by Crippen LogP contribution is 2.16. The molecule has 0 aliphatic carbocycles. The topological polar surface area (TPSA) is 60.3 Å². The van der Waals surface area contributed by atoms with E-state index in [1.807, 2.05) is 6.92 Å². The van der Waals surface area contributed by atoms with Gasteiger partial charge in [-0.2, -0.15) is 0 Å². The van der Waals surface area contributed by atoms with Crippen LogP contribution < -0.4 is 10.9 Å². The van der Waals surface area contributed by atoms with Gasteiger partial charge in [-0.3, -0.25) is 9.59 Å². The van der Waals surface area contributed by atoms with E-state index in [0.29, 0.717) is 24.6 Å². The van der Waals surface area contributed by atoms with Gasteiger partial charge < -0.3 is 14.6 Å². The summed E-state index contributed by atoms with van der Waals surface area (Å²) >= 11 is 0. The largest absolute Gasteiger partial charge is 0.381 e. The summed E-state index contributed by atoms with van der Waals surface area (Å²) in [6.45, 7) is 4.79. The molecule has 5 heteroatoms. The van der Waals surface area contributed by atoms with Gasteiger partial charge in [0.15, 0.2) is 0 Å². The first-order chi connectivity index (χ1) is 9.70. The Morgan fingerprint density at radius 1 is 1.55 bits per heavy atom. The molecule has 1 N–H and O–H groups in total. The Morgan fingerprint density at radius 3 is 3.05 bits per heavy atom. The number of nitrogens with zero attached hydrogens (tertiary/aromatic N) is 1. The fourth-order valence-electron chi connectivity index (χ4n) is 2.44. The highest BCUT2D eigenvalue weighted by molar-refractivity contribution is 5.93. The molecule has 2 heterocycles. The van der Waals surface area contributed by atoms with Crippen LogP contribution in [0.2, 0.25) is 0 Å². The first-order valence-corrected chi connectivity index (χ1v) is 7.27. The van der Waals surface area contributed by atoms with Gasteiger partial charge in [-0.15, -0.1) is 0 Å². The van der Waals surface area contributed by atoms with E-state index in [-0.39, 0.29) is 11.5 Å². The predicted molar refractivity (Wildman–Crippen MR) is 76.9 cm³/mol. The molecule has 0 spiro atoms. The second kappa shape index (κ2) is 7.24. The van der Waals surface area contributed by atoms with Crippen molar-refractivity contribution < 1.29 is 9.53 Å². The van der Waals surface area contributed by atoms with Crippen LogP contribution in [0.15, 0.2) is 23.1 Å². The quantitative estimate of drug-likeness (QED) is 0.886. The molecule has 0 radical (unpaired) electrons. The molecular formula is C15H22N2O3. The molecule has 2 rings (SSSR count). The van der Waals surface area contributed by atoms with Gasteiger partial charge in [0.2, 0.25) is 0 Å². The zero-order chi connectivity index (χ0) is 14.4. The third-order valence-electron chi connectivity index (χ3n) is 3.69. The number of ether oxygens (including phenoxy) is 1. The molecule has 20 heavy (non-hydrogen) atoms. The Morgan fingerprint density at radius 2 is 2.40 bits per heavy atom. The minimum Gasteiger partial charge on any atom is -0.381 e. The average Bonchev–Trinajstić information content (AvgIpc) is 2.48. The molecule has 1 aromatic heterocycles. The number of carbonyl (C=O) groups is 1. The number of hydrogen-bond acceptors (Lipinski definition) is 3. The summed E-state index contributed by atoms with van der Waals surface area (Å²) in [4.78, 5) is 23.6. The molecule has 0 aromatic carbocycles. The third-order valence-corrected chi connectivity index (χ3v) is 3.69. The van der Waals surface area contributed by atoms with Crippen LogP contribution in [0.5, 0.6) is 0 Å². The van der Waals surface area contributed by atoms with Gasteiger partial charge in [0.05, 0.1) is 0 Å². The van der Waals surface area contributed by atoms with Crippen LogP contribution in [0.3, 0.4) is 0 Å². The third kappa shape index (κ3) is 3.93. The molecule has 5 nitrogen and oxygen atoms in total. The van der Waals surface area contributed by atoms with Crippen molar-refractivity contribution in [3.63, 3.8) is 0 Å². The smallest absolute Gasteiger partial charge is 0.251 e. The van der Waals surface area contributed by atoms with Crippen LogP contribution in [0, 0.1) is 5.92 Å². The Kier molecular flexibility index (Phi) is 5.35. The lowest BCUT2D eigenvalue weighted by atomic mass is 9.99. The van der Waals surface area contributed by atoms with Crippen molar-refractivity contribution in [3.8, 4) is 0 Å². The fraction of sp³-hybridized carbons (Fsp3) is 0.600. The van der Waals surface area contributed by atoms with E-state index in [9.17, 15) is 9.59 Å². The van der Waals surface area contributed by atoms with Crippen LogP contribution in [0.25, 0.3) is 0 Å². The Labute approximate surface area is 118 Å². The first kappa shape index (κ1) is 14.8. The van der Waals surface area contributed by atoms with Crippen LogP contribution in [0.4, 0.5) is 0 Å². The summed E-state index contributed by atoms with van der Waals surface area (Å²) in [6.07, 6.45) is 4.86. The minimum absolute atomic E-state index is 0.138. The summed E-state index contributed by atoms with van der Waals surface area (Å²) in [5.41, 5.74) is 0.292. The second-order valence-corrected chi connectivity index (χ2v) is 5.17. The summed E-state index contributed by atoms with van der Waals surface area (Å²) in [5, 5.41) is 2.87. The Balaban J connectivity index is 1.82. The molecule has 0 bridgehead atoms. The summed E-state index contributed by atoms with van der Waals surface area (Å²) in [5.74, 6) is 0.360. The van der Waals surface area contributed by atoms with Gasteiger partial charge in [0.25, 0.3) is 11.5 Å². The van der Waals surface area contributed by atoms with Crippen molar-refractivity contribution in [1.82, 2.24) is 9.88 Å². The van der Waals surface area contributed by atoms with E-state index in [1.54, 1.807) is 16.8 Å². The van der Waals surface area contributed by atoms with Crippen molar-refractivity contribution in [1.29, 1.82) is 0 Å². The minimum atomic E-state index is -0.179. The van der Waals surface area contributed by atoms with Crippen molar-refractivity contribution >= 4 is 5.91 Å². The van der Waals surface area contributed by atoms with E-state index >= 15 is 0 Å². The fourth-order valence-corrected chi connectivity index (χ4v) is 2.44. The highest BCUT2D eigenvalue weighted by atomic mass is 16.5. The number of amides is 1. The van der Waals surface area contributed by atoms with Crippen LogP contribution in [0.1, 0.15) is 36.5 Å². The molecule has 1 aromatic rings. The Bertz CT molecular complexity index is 504. The van der Waals surface area contributed by atoms with Crippen molar-refractivity contribution in [2.24, 2.45) is 5.92 Å². The Hall–Kier alpha value is -1.62. The van der Waals surface area contributed by atoms with E-state index in [2.05, 4.69) is 5.32 Å². The average molecular weight is 278 g/mol. The number of pyridine rings is 1. The van der Waals surface area contributed by atoms with Crippen molar-refractivity contribution in [3.05, 3.63) is 34.2 Å². The standard InChI is InChI=1S/C15H22N2O3/c1-2-17-8-6-13(10-14(17)18)15(19)16-7-5-12-4-3-9-20-11-12/h6,8,10,12H,2-5,7,9,11H2,1H3,(H,16,19). The number of carbonyl (C=O) groups excluding carboxylic acids is 1. The molecular weight excluding hydrogens is 256 g/mol. The summed E-state index contributed by atoms with van der Waals surface area (Å²) in [7, 11) is 0. The monoisotopic (exact) mass is 278 g/mol. The maximum absolute atomic E-state index is 11.9. The van der Waals surface area contributed by atoms with Gasteiger partial charge in [-0.25, -0.2) is 0 Å². The molecule has 1 aliphatic heterocycles. The zero-order valence-corrected chi connectivity index (χ0v) is 11.9. The van der Waals surface area contributed by atoms with E-state index in [0.717, 1.165) is 26.1 Å². The van der Waals surface area contributed by atoms with Crippen LogP contribution >= 0.6 is 0 Å². The number of aryl methyl sites for hydroxylation is 1. The summed E-state index contributed by atoms with van der Waals surface area (Å²) < 4.78 is 6.97. The maximum Gasteiger partial charge on any atom is 0.251 e. The first-order valence-electron chi connectivity index (χ1n) is 7.27. The maximum atomic E-state index is 11.9. The zero-order valence-electron chi connectivity index (χ0n) is 11.9. The molecule has 1 fully saturated rings. The lowest BCUT2D eigenvalue weighted by Gasteiger charge is -2.21. The van der Waals surface area contributed by atoms with Crippen molar-refractivity contribution in [2.75, 3.05) is 19.8 Å². The van der Waals surface area contributed by atoms with Crippen LogP contribution in [-0.2, 0) is 11.3 Å². The molecule has 110 valence electrons. The highest BCUT2D eigenvalue weighted by Gasteiger charge is 2.14. The molecule has 1 atom stereocenters. The van der Waals surface area contributed by atoms with Gasteiger partial charge in [-0.1, -0.05) is 0 Å². The SMILES string of the molecule is CCn1ccc(C(=O)NCCC2CCCOC2)cc1=O. The van der Waals surface area contributed by atoms with Gasteiger partial charge in [0.1, 0.15) is 0 Å². The lowest BCUT2D eigenvalue weighted by Crippen LogP contribution is -2.29. The predicted octanol–water partition coefficient (Wildman–Crippen LogP) is 1.41. The van der Waals surface area contributed by atoms with Gasteiger partial charge >= 0.3 is 0 Å². The number of aromatic nitrogens is 1.